The molecule has 0 bridgehead atoms. The number of carbonyl (C=O) groups is 1. The Morgan fingerprint density at radius 3 is 2.29 bits per heavy atom. The smallest absolute Gasteiger partial charge is 0.251 e. The molecule has 4 rings (SSSR count). The van der Waals surface area contributed by atoms with Crippen LogP contribution in [0.2, 0.25) is 0 Å². The first-order valence-corrected chi connectivity index (χ1v) is 12.8. The molecule has 0 saturated carbocycles. The predicted octanol–water partition coefficient (Wildman–Crippen LogP) is 1.52. The van der Waals surface area contributed by atoms with E-state index in [0.717, 1.165) is 24.4 Å². The lowest BCUT2D eigenvalue weighted by molar-refractivity contribution is 0.0162. The van der Waals surface area contributed by atoms with Gasteiger partial charge in [0.2, 0.25) is 10.0 Å². The van der Waals surface area contributed by atoms with Crippen molar-refractivity contribution in [2.24, 2.45) is 0 Å². The van der Waals surface area contributed by atoms with Crippen molar-refractivity contribution in [3.8, 4) is 5.75 Å². The Morgan fingerprint density at radius 1 is 1.00 bits per heavy atom. The molecule has 2 saturated heterocycles. The molecule has 2 aliphatic heterocycles. The Morgan fingerprint density at radius 2 is 1.65 bits per heavy atom. The third-order valence-electron chi connectivity index (χ3n) is 6.15. The quantitative estimate of drug-likeness (QED) is 0.601. The summed E-state index contributed by atoms with van der Waals surface area (Å²) >= 11 is 0. The highest BCUT2D eigenvalue weighted by Gasteiger charge is 2.27. The number of carbonyl (C=O) groups excluding carboxylic acids is 1. The third kappa shape index (κ3) is 5.76. The lowest BCUT2D eigenvalue weighted by Gasteiger charge is -2.35. The maximum absolute atomic E-state index is 13.0. The van der Waals surface area contributed by atoms with Gasteiger partial charge in [0.25, 0.3) is 5.91 Å². The molecule has 0 radical (unpaired) electrons. The first kappa shape index (κ1) is 24.6. The van der Waals surface area contributed by atoms with Gasteiger partial charge < -0.3 is 19.5 Å². The standard InChI is InChI=1S/C24H31N3O6S/c1-31-21-7-5-19(6-8-21)23(26-9-13-32-14-10-26)18-25-24(28)20-3-2-4-22(17-20)34(29,30)27-11-15-33-16-12-27/h2-8,17,23H,9-16,18H2,1H3,(H,25,28)/t23-/m1/s1. The Bertz CT molecular complexity index is 1060. The molecule has 1 N–H and O–H groups in total. The molecule has 2 fully saturated rings. The zero-order valence-corrected chi connectivity index (χ0v) is 20.1. The van der Waals surface area contributed by atoms with Crippen LogP contribution < -0.4 is 10.1 Å². The molecule has 0 aliphatic carbocycles. The molecule has 1 amide bonds. The Labute approximate surface area is 200 Å². The number of nitrogens with one attached hydrogen (secondary N) is 1. The molecule has 2 aromatic carbocycles. The van der Waals surface area contributed by atoms with Crippen molar-refractivity contribution in [1.82, 2.24) is 14.5 Å². The van der Waals surface area contributed by atoms with E-state index in [1.807, 2.05) is 24.3 Å². The van der Waals surface area contributed by atoms with Crippen LogP contribution in [-0.2, 0) is 19.5 Å². The van der Waals surface area contributed by atoms with Gasteiger partial charge in [0.1, 0.15) is 5.75 Å². The number of methoxy groups -OCH3 is 1. The summed E-state index contributed by atoms with van der Waals surface area (Å²) in [6, 6.07) is 14.0. The molecule has 2 aliphatic rings. The minimum Gasteiger partial charge on any atom is -0.497 e. The zero-order chi connectivity index (χ0) is 24.0. The topological polar surface area (TPSA) is 97.4 Å². The van der Waals surface area contributed by atoms with Gasteiger partial charge in [-0.1, -0.05) is 18.2 Å². The highest BCUT2D eigenvalue weighted by atomic mass is 32.2. The first-order chi connectivity index (χ1) is 16.5. The van der Waals surface area contributed by atoms with Gasteiger partial charge in [-0.3, -0.25) is 9.69 Å². The van der Waals surface area contributed by atoms with Crippen molar-refractivity contribution >= 4 is 15.9 Å². The fourth-order valence-electron chi connectivity index (χ4n) is 4.20. The summed E-state index contributed by atoms with van der Waals surface area (Å²) in [4.78, 5) is 15.4. The van der Waals surface area contributed by atoms with Crippen LogP contribution in [-0.4, -0.2) is 89.8 Å². The van der Waals surface area contributed by atoms with Crippen molar-refractivity contribution in [3.05, 3.63) is 59.7 Å². The number of hydrogen-bond acceptors (Lipinski definition) is 7. The second kappa shape index (κ2) is 11.3. The van der Waals surface area contributed by atoms with Gasteiger partial charge >= 0.3 is 0 Å². The van der Waals surface area contributed by atoms with E-state index in [1.54, 1.807) is 19.2 Å². The number of nitrogens with zero attached hydrogens (tertiary/aromatic N) is 2. The number of sulfonamides is 1. The van der Waals surface area contributed by atoms with Gasteiger partial charge in [-0.05, 0) is 35.9 Å². The molecule has 2 heterocycles. The van der Waals surface area contributed by atoms with E-state index < -0.39 is 10.0 Å². The molecule has 9 nitrogen and oxygen atoms in total. The molecular formula is C24H31N3O6S. The van der Waals surface area contributed by atoms with E-state index in [9.17, 15) is 13.2 Å². The van der Waals surface area contributed by atoms with Gasteiger partial charge in [0.05, 0.1) is 44.5 Å². The largest absolute Gasteiger partial charge is 0.497 e. The predicted molar refractivity (Wildman–Crippen MR) is 126 cm³/mol. The van der Waals surface area contributed by atoms with Gasteiger partial charge in [-0.2, -0.15) is 4.31 Å². The molecule has 184 valence electrons. The van der Waals surface area contributed by atoms with Crippen molar-refractivity contribution in [2.45, 2.75) is 10.9 Å². The minimum atomic E-state index is -3.68. The number of ether oxygens (including phenoxy) is 3. The Hall–Kier alpha value is -2.50. The highest BCUT2D eigenvalue weighted by molar-refractivity contribution is 7.89. The van der Waals surface area contributed by atoms with Crippen LogP contribution >= 0.6 is 0 Å². The van der Waals surface area contributed by atoms with Gasteiger partial charge in [0, 0.05) is 38.3 Å². The second-order valence-corrected chi connectivity index (χ2v) is 10.1. The van der Waals surface area contributed by atoms with E-state index in [1.165, 1.54) is 16.4 Å². The summed E-state index contributed by atoms with van der Waals surface area (Å²) in [5, 5.41) is 3.00. The molecule has 10 heteroatoms. The summed E-state index contributed by atoms with van der Waals surface area (Å²) in [5.74, 6) is 0.456. The van der Waals surface area contributed by atoms with Crippen molar-refractivity contribution in [2.75, 3.05) is 66.3 Å². The van der Waals surface area contributed by atoms with Crippen LogP contribution in [0.5, 0.6) is 5.75 Å². The average molecular weight is 490 g/mol. The van der Waals surface area contributed by atoms with Crippen LogP contribution in [0, 0.1) is 0 Å². The van der Waals surface area contributed by atoms with E-state index in [-0.39, 0.29) is 16.8 Å². The van der Waals surface area contributed by atoms with E-state index in [2.05, 4.69) is 10.2 Å². The van der Waals surface area contributed by atoms with Crippen LogP contribution in [0.3, 0.4) is 0 Å². The number of amides is 1. The minimum absolute atomic E-state index is 0.0426. The zero-order valence-electron chi connectivity index (χ0n) is 19.3. The molecule has 1 atom stereocenters. The lowest BCUT2D eigenvalue weighted by Crippen LogP contribution is -2.43. The number of benzene rings is 2. The summed E-state index contributed by atoms with van der Waals surface area (Å²) in [5.41, 5.74) is 1.37. The van der Waals surface area contributed by atoms with Gasteiger partial charge in [-0.15, -0.1) is 0 Å². The summed E-state index contributed by atoms with van der Waals surface area (Å²) in [6.07, 6.45) is 0. The summed E-state index contributed by atoms with van der Waals surface area (Å²) < 4.78 is 43.4. The van der Waals surface area contributed by atoms with Crippen LogP contribution in [0.4, 0.5) is 0 Å². The number of rotatable bonds is 8. The van der Waals surface area contributed by atoms with Gasteiger partial charge in [-0.25, -0.2) is 8.42 Å². The fourth-order valence-corrected chi connectivity index (χ4v) is 5.65. The van der Waals surface area contributed by atoms with E-state index in [4.69, 9.17) is 14.2 Å². The molecule has 0 aromatic heterocycles. The third-order valence-corrected chi connectivity index (χ3v) is 8.04. The second-order valence-electron chi connectivity index (χ2n) is 8.19. The Balaban J connectivity index is 1.48. The lowest BCUT2D eigenvalue weighted by atomic mass is 10.0. The van der Waals surface area contributed by atoms with Gasteiger partial charge in [0.15, 0.2) is 0 Å². The monoisotopic (exact) mass is 489 g/mol. The number of hydrogen-bond donors (Lipinski definition) is 1. The van der Waals surface area contributed by atoms with Crippen molar-refractivity contribution in [3.63, 3.8) is 0 Å². The van der Waals surface area contributed by atoms with E-state index in [0.29, 0.717) is 51.6 Å². The maximum atomic E-state index is 13.0. The molecular weight excluding hydrogens is 458 g/mol. The molecule has 34 heavy (non-hydrogen) atoms. The maximum Gasteiger partial charge on any atom is 0.251 e. The van der Waals surface area contributed by atoms with Crippen molar-refractivity contribution in [1.29, 1.82) is 0 Å². The van der Waals surface area contributed by atoms with Crippen LogP contribution in [0.1, 0.15) is 22.0 Å². The molecule has 0 spiro atoms. The summed E-state index contributed by atoms with van der Waals surface area (Å²) in [7, 11) is -2.05. The van der Waals surface area contributed by atoms with Crippen molar-refractivity contribution < 1.29 is 27.4 Å². The Kier molecular flexibility index (Phi) is 8.17. The number of morpholine rings is 2. The highest BCUT2D eigenvalue weighted by Crippen LogP contribution is 2.24. The molecule has 2 aromatic rings. The normalized spacial score (nSPS) is 18.9. The SMILES string of the molecule is COc1ccc([C@@H](CNC(=O)c2cccc(S(=O)(=O)N3CCOCC3)c2)N2CCOCC2)cc1. The summed E-state index contributed by atoms with van der Waals surface area (Å²) in [6.45, 7) is 4.54. The molecule has 0 unspecified atom stereocenters. The van der Waals surface area contributed by atoms with Crippen LogP contribution in [0.25, 0.3) is 0 Å². The van der Waals surface area contributed by atoms with E-state index >= 15 is 0 Å². The first-order valence-electron chi connectivity index (χ1n) is 11.4. The fraction of sp³-hybridized carbons (Fsp3) is 0.458. The average Bonchev–Trinajstić information content (AvgIpc) is 2.90. The van der Waals surface area contributed by atoms with Crippen LogP contribution in [0.15, 0.2) is 53.4 Å².